The monoisotopic (exact) mass is 297 g/mol. The highest BCUT2D eigenvalue weighted by atomic mass is 32.1. The molecule has 1 aliphatic rings. The van der Waals surface area contributed by atoms with Crippen LogP contribution in [0, 0.1) is 0 Å². The Balaban J connectivity index is 1.82. The van der Waals surface area contributed by atoms with Crippen molar-refractivity contribution in [2.24, 2.45) is 0 Å². The normalized spacial score (nSPS) is 14.4. The van der Waals surface area contributed by atoms with Crippen LogP contribution >= 0.6 is 11.3 Å². The van der Waals surface area contributed by atoms with E-state index in [1.807, 2.05) is 17.3 Å². The average Bonchev–Trinajstić information content (AvgIpc) is 3.08. The first kappa shape index (κ1) is 12.6. The summed E-state index contributed by atoms with van der Waals surface area (Å²) < 4.78 is 2.11. The van der Waals surface area contributed by atoms with Gasteiger partial charge in [0.1, 0.15) is 0 Å². The molecule has 1 aliphatic heterocycles. The number of benzene rings is 1. The Morgan fingerprint density at radius 1 is 1.38 bits per heavy atom. The van der Waals surface area contributed by atoms with E-state index in [1.54, 1.807) is 18.3 Å². The molecule has 0 saturated heterocycles. The van der Waals surface area contributed by atoms with E-state index in [-0.39, 0.29) is 5.91 Å². The number of thiazole rings is 1. The van der Waals surface area contributed by atoms with Crippen molar-refractivity contribution in [3.05, 3.63) is 41.5 Å². The van der Waals surface area contributed by atoms with E-state index in [0.29, 0.717) is 0 Å². The summed E-state index contributed by atoms with van der Waals surface area (Å²) in [7, 11) is 0. The Bertz CT molecular complexity index is 833. The van der Waals surface area contributed by atoms with Gasteiger partial charge in [0.05, 0.1) is 5.69 Å². The number of imidazole rings is 1. The van der Waals surface area contributed by atoms with Crippen molar-refractivity contribution in [3.8, 4) is 11.3 Å². The van der Waals surface area contributed by atoms with Gasteiger partial charge >= 0.3 is 0 Å². The van der Waals surface area contributed by atoms with Gasteiger partial charge in [-0.1, -0.05) is 6.07 Å². The molecule has 2 aromatic heterocycles. The van der Waals surface area contributed by atoms with Crippen LogP contribution in [-0.2, 0) is 11.2 Å². The average molecular weight is 297 g/mol. The van der Waals surface area contributed by atoms with E-state index in [0.717, 1.165) is 35.7 Å². The van der Waals surface area contributed by atoms with Crippen LogP contribution in [0.15, 0.2) is 36.0 Å². The third-order valence-electron chi connectivity index (χ3n) is 4.02. The molecule has 106 valence electrons. The number of fused-ring (bicyclic) bond motifs is 2. The Morgan fingerprint density at radius 2 is 2.29 bits per heavy atom. The van der Waals surface area contributed by atoms with Crippen LogP contribution in [-0.4, -0.2) is 21.8 Å². The largest absolute Gasteiger partial charge is 0.312 e. The second-order valence-electron chi connectivity index (χ2n) is 5.32. The van der Waals surface area contributed by atoms with Crippen LogP contribution in [0.4, 0.5) is 5.69 Å². The van der Waals surface area contributed by atoms with Crippen LogP contribution in [0.5, 0.6) is 0 Å². The fourth-order valence-electron chi connectivity index (χ4n) is 3.02. The first-order valence-electron chi connectivity index (χ1n) is 7.06. The minimum atomic E-state index is 0.122. The third-order valence-corrected chi connectivity index (χ3v) is 4.87. The number of aromatic nitrogens is 2. The van der Waals surface area contributed by atoms with Crippen molar-refractivity contribution in [2.75, 3.05) is 11.4 Å². The number of hydrogen-bond acceptors (Lipinski definition) is 3. The first-order chi connectivity index (χ1) is 10.2. The Hall–Kier alpha value is -2.14. The maximum atomic E-state index is 11.7. The van der Waals surface area contributed by atoms with Gasteiger partial charge in [-0.05, 0) is 36.1 Å². The van der Waals surface area contributed by atoms with Crippen LogP contribution in [0.3, 0.4) is 0 Å². The highest BCUT2D eigenvalue weighted by molar-refractivity contribution is 7.15. The Morgan fingerprint density at radius 3 is 3.14 bits per heavy atom. The highest BCUT2D eigenvalue weighted by Crippen LogP contribution is 2.33. The molecule has 0 saturated carbocycles. The standard InChI is InChI=1S/C16H15N3OS/c1-11(20)18-7-2-3-12-9-13(4-5-14(12)18)15-10-21-16-17-6-8-19(15)16/h4-6,8-10H,2-3,7H2,1H3. The summed E-state index contributed by atoms with van der Waals surface area (Å²) in [5.41, 5.74) is 4.67. The van der Waals surface area contributed by atoms with E-state index in [9.17, 15) is 4.79 Å². The number of carbonyl (C=O) groups excluding carboxylic acids is 1. The number of aryl methyl sites for hydroxylation is 1. The molecule has 0 fully saturated rings. The fourth-order valence-corrected chi connectivity index (χ4v) is 3.88. The maximum absolute atomic E-state index is 11.7. The van der Waals surface area contributed by atoms with Crippen molar-refractivity contribution in [2.45, 2.75) is 19.8 Å². The number of nitrogens with zero attached hydrogens (tertiary/aromatic N) is 3. The second kappa shape index (κ2) is 4.70. The van der Waals surface area contributed by atoms with Gasteiger partial charge in [-0.2, -0.15) is 0 Å². The van der Waals surface area contributed by atoms with Gasteiger partial charge in [0.2, 0.25) is 5.91 Å². The zero-order valence-electron chi connectivity index (χ0n) is 11.7. The van der Waals surface area contributed by atoms with Crippen molar-refractivity contribution < 1.29 is 4.79 Å². The Labute approximate surface area is 126 Å². The lowest BCUT2D eigenvalue weighted by Gasteiger charge is -2.28. The van der Waals surface area contributed by atoms with Gasteiger partial charge in [-0.15, -0.1) is 11.3 Å². The maximum Gasteiger partial charge on any atom is 0.223 e. The molecule has 3 heterocycles. The molecule has 21 heavy (non-hydrogen) atoms. The summed E-state index contributed by atoms with van der Waals surface area (Å²) in [5.74, 6) is 0.122. The molecule has 0 radical (unpaired) electrons. The van der Waals surface area contributed by atoms with Crippen LogP contribution in [0.25, 0.3) is 16.2 Å². The molecule has 4 rings (SSSR count). The summed E-state index contributed by atoms with van der Waals surface area (Å²) in [6.07, 6.45) is 5.87. The van der Waals surface area contributed by atoms with E-state index < -0.39 is 0 Å². The number of hydrogen-bond donors (Lipinski definition) is 0. The molecule has 0 bridgehead atoms. The third kappa shape index (κ3) is 1.96. The van der Waals surface area contributed by atoms with Gasteiger partial charge in [-0.25, -0.2) is 4.98 Å². The van der Waals surface area contributed by atoms with E-state index in [1.165, 1.54) is 11.1 Å². The fraction of sp³-hybridized carbons (Fsp3) is 0.250. The quantitative estimate of drug-likeness (QED) is 0.690. The van der Waals surface area contributed by atoms with Crippen LogP contribution in [0.1, 0.15) is 18.9 Å². The zero-order chi connectivity index (χ0) is 14.4. The van der Waals surface area contributed by atoms with Crippen molar-refractivity contribution in [3.63, 3.8) is 0 Å². The number of amides is 1. The van der Waals surface area contributed by atoms with Gasteiger partial charge < -0.3 is 4.90 Å². The van der Waals surface area contributed by atoms with Gasteiger partial charge in [-0.3, -0.25) is 9.20 Å². The summed E-state index contributed by atoms with van der Waals surface area (Å²) in [6.45, 7) is 2.46. The molecule has 0 spiro atoms. The molecular formula is C16H15N3OS. The van der Waals surface area contributed by atoms with Crippen molar-refractivity contribution >= 4 is 27.9 Å². The van der Waals surface area contributed by atoms with E-state index in [4.69, 9.17) is 0 Å². The second-order valence-corrected chi connectivity index (χ2v) is 6.16. The lowest BCUT2D eigenvalue weighted by atomic mass is 9.98. The summed E-state index contributed by atoms with van der Waals surface area (Å²) in [4.78, 5) is 18.9. The predicted octanol–water partition coefficient (Wildman–Crippen LogP) is 3.36. The minimum absolute atomic E-state index is 0.122. The zero-order valence-corrected chi connectivity index (χ0v) is 12.6. The molecule has 4 nitrogen and oxygen atoms in total. The Kier molecular flexibility index (Phi) is 2.82. The van der Waals surface area contributed by atoms with E-state index in [2.05, 4.69) is 33.0 Å². The molecular weight excluding hydrogens is 282 g/mol. The lowest BCUT2D eigenvalue weighted by Crippen LogP contribution is -2.33. The molecule has 0 unspecified atom stereocenters. The van der Waals surface area contributed by atoms with Crippen LogP contribution < -0.4 is 4.90 Å². The molecule has 1 amide bonds. The predicted molar refractivity (Wildman–Crippen MR) is 84.9 cm³/mol. The van der Waals surface area contributed by atoms with Crippen molar-refractivity contribution in [1.82, 2.24) is 9.38 Å². The topological polar surface area (TPSA) is 37.6 Å². The van der Waals surface area contributed by atoms with Gasteiger partial charge in [0, 0.05) is 36.9 Å². The van der Waals surface area contributed by atoms with Crippen molar-refractivity contribution in [1.29, 1.82) is 0 Å². The molecule has 0 aliphatic carbocycles. The SMILES string of the molecule is CC(=O)N1CCCc2cc(-c3csc4nccn34)ccc21. The highest BCUT2D eigenvalue weighted by Gasteiger charge is 2.20. The first-order valence-corrected chi connectivity index (χ1v) is 7.94. The molecule has 3 aromatic rings. The molecule has 0 atom stereocenters. The summed E-state index contributed by atoms with van der Waals surface area (Å²) in [5, 5.41) is 2.13. The van der Waals surface area contributed by atoms with Crippen LogP contribution in [0.2, 0.25) is 0 Å². The minimum Gasteiger partial charge on any atom is -0.312 e. The smallest absolute Gasteiger partial charge is 0.223 e. The number of anilines is 1. The summed E-state index contributed by atoms with van der Waals surface area (Å²) >= 11 is 1.65. The van der Waals surface area contributed by atoms with Gasteiger partial charge in [0.25, 0.3) is 0 Å². The summed E-state index contributed by atoms with van der Waals surface area (Å²) in [6, 6.07) is 6.39. The van der Waals surface area contributed by atoms with E-state index >= 15 is 0 Å². The number of carbonyl (C=O) groups is 1. The van der Waals surface area contributed by atoms with Gasteiger partial charge in [0.15, 0.2) is 4.96 Å². The molecule has 1 aromatic carbocycles. The lowest BCUT2D eigenvalue weighted by molar-refractivity contribution is -0.116. The molecule has 0 N–H and O–H groups in total. The molecule has 5 heteroatoms. The number of rotatable bonds is 1.